The van der Waals surface area contributed by atoms with Gasteiger partial charge in [0.05, 0.1) is 6.04 Å². The highest BCUT2D eigenvalue weighted by Gasteiger charge is 2.49. The average molecular weight is 547 g/mol. The van der Waals surface area contributed by atoms with Crippen molar-refractivity contribution in [3.63, 3.8) is 0 Å². The van der Waals surface area contributed by atoms with Crippen LogP contribution in [0.2, 0.25) is 0 Å². The number of rotatable bonds is 4. The number of nitrogens with one attached hydrogen (secondary N) is 1. The molecule has 0 unspecified atom stereocenters. The second-order valence-corrected chi connectivity index (χ2v) is 8.66. The van der Waals surface area contributed by atoms with Gasteiger partial charge in [-0.15, -0.1) is 0 Å². The molecule has 0 aromatic heterocycles. The van der Waals surface area contributed by atoms with E-state index in [9.17, 15) is 35.5 Å². The van der Waals surface area contributed by atoms with Crippen LogP contribution in [0.15, 0.2) is 24.3 Å². The van der Waals surface area contributed by atoms with Gasteiger partial charge in [0.1, 0.15) is 5.82 Å². The molecule has 2 heterocycles. The van der Waals surface area contributed by atoms with Crippen molar-refractivity contribution in [2.45, 2.75) is 57.3 Å². The standard InChI is InChI=1S/C18H26FN3O.2C2HF3O2/c1-12(2)22-16(18(23)20-3)8-14-10-21(11-17(14)22)9-13-4-6-15(19)7-5-13;2*3-2(4,5)1(6)7/h4-7,12,14,16-17H,8-11H2,1-3H3,(H,20,23);2*(H,6,7)/t14-,16-,17+;;/m0../s1. The molecule has 2 saturated heterocycles. The van der Waals surface area contributed by atoms with Crippen LogP contribution in [-0.4, -0.2) is 88.5 Å². The molecule has 2 aliphatic rings. The van der Waals surface area contributed by atoms with E-state index in [1.807, 2.05) is 12.1 Å². The highest BCUT2D eigenvalue weighted by atomic mass is 19.4. The third-order valence-electron chi connectivity index (χ3n) is 5.70. The number of nitrogens with zero attached hydrogens (tertiary/aromatic N) is 2. The van der Waals surface area contributed by atoms with Gasteiger partial charge in [0.25, 0.3) is 0 Å². The number of carbonyl (C=O) groups excluding carboxylic acids is 1. The van der Waals surface area contributed by atoms with Gasteiger partial charge in [-0.3, -0.25) is 14.6 Å². The number of alkyl halides is 6. The average Bonchev–Trinajstić information content (AvgIpc) is 3.31. The van der Waals surface area contributed by atoms with Crippen LogP contribution in [0, 0.1) is 11.7 Å². The molecule has 210 valence electrons. The SMILES string of the molecule is CNC(=O)[C@@H]1C[C@H]2CN(Cc3ccc(F)cc3)C[C@H]2N1C(C)C.O=C(O)C(F)(F)F.O=C(O)C(F)(F)F. The Labute approximate surface area is 208 Å². The number of likely N-dealkylation sites (N-methyl/N-ethyl adjacent to an activating group) is 1. The van der Waals surface area contributed by atoms with Crippen LogP contribution >= 0.6 is 0 Å². The molecule has 15 heteroatoms. The summed E-state index contributed by atoms with van der Waals surface area (Å²) in [5.41, 5.74) is 1.14. The number of fused-ring (bicyclic) bond motifs is 1. The monoisotopic (exact) mass is 547 g/mol. The summed E-state index contributed by atoms with van der Waals surface area (Å²) in [6, 6.07) is 7.56. The topological polar surface area (TPSA) is 110 Å². The highest BCUT2D eigenvalue weighted by Crippen LogP contribution is 2.37. The maximum absolute atomic E-state index is 13.0. The Hall–Kier alpha value is -2.94. The fraction of sp³-hybridized carbons (Fsp3) is 0.591. The lowest BCUT2D eigenvalue weighted by Gasteiger charge is -2.33. The minimum absolute atomic E-state index is 0.00275. The summed E-state index contributed by atoms with van der Waals surface area (Å²) < 4.78 is 76.5. The summed E-state index contributed by atoms with van der Waals surface area (Å²) in [6.07, 6.45) is -9.23. The molecule has 2 aliphatic heterocycles. The molecule has 0 bridgehead atoms. The minimum atomic E-state index is -5.08. The van der Waals surface area contributed by atoms with Crippen molar-refractivity contribution >= 4 is 17.8 Å². The number of hydrogen-bond acceptors (Lipinski definition) is 5. The third kappa shape index (κ3) is 9.80. The highest BCUT2D eigenvalue weighted by molar-refractivity contribution is 5.82. The molecule has 1 amide bonds. The van der Waals surface area contributed by atoms with Gasteiger partial charge in [-0.1, -0.05) is 12.1 Å². The molecule has 0 saturated carbocycles. The second-order valence-electron chi connectivity index (χ2n) is 8.66. The van der Waals surface area contributed by atoms with E-state index >= 15 is 0 Å². The van der Waals surface area contributed by atoms with Crippen molar-refractivity contribution < 1.29 is 55.3 Å². The zero-order chi connectivity index (χ0) is 28.7. The molecule has 0 aliphatic carbocycles. The summed E-state index contributed by atoms with van der Waals surface area (Å²) in [5, 5.41) is 17.1. The van der Waals surface area contributed by atoms with Crippen molar-refractivity contribution in [2.24, 2.45) is 5.92 Å². The van der Waals surface area contributed by atoms with Gasteiger partial charge >= 0.3 is 24.3 Å². The fourth-order valence-corrected chi connectivity index (χ4v) is 4.28. The predicted octanol–water partition coefficient (Wildman–Crippen LogP) is 3.12. The summed E-state index contributed by atoms with van der Waals surface area (Å²) in [6.45, 7) is 7.18. The number of aliphatic carboxylic acids is 2. The van der Waals surface area contributed by atoms with Gasteiger partial charge in [-0.2, -0.15) is 26.3 Å². The molecule has 1 aromatic carbocycles. The van der Waals surface area contributed by atoms with Crippen molar-refractivity contribution in [3.05, 3.63) is 35.6 Å². The van der Waals surface area contributed by atoms with Gasteiger partial charge in [-0.25, -0.2) is 14.0 Å². The molecule has 8 nitrogen and oxygen atoms in total. The molecule has 0 spiro atoms. The Balaban J connectivity index is 0.000000404. The van der Waals surface area contributed by atoms with E-state index in [4.69, 9.17) is 19.8 Å². The van der Waals surface area contributed by atoms with E-state index in [1.165, 1.54) is 12.1 Å². The van der Waals surface area contributed by atoms with E-state index in [0.717, 1.165) is 31.6 Å². The lowest BCUT2D eigenvalue weighted by Crippen LogP contribution is -2.50. The first kappa shape index (κ1) is 32.1. The van der Waals surface area contributed by atoms with E-state index < -0.39 is 24.3 Å². The predicted molar refractivity (Wildman–Crippen MR) is 116 cm³/mol. The first-order valence-corrected chi connectivity index (χ1v) is 10.9. The van der Waals surface area contributed by atoms with Gasteiger partial charge in [0, 0.05) is 38.8 Å². The van der Waals surface area contributed by atoms with Crippen LogP contribution < -0.4 is 5.32 Å². The molecular formula is C22H28F7N3O5. The second kappa shape index (κ2) is 13.0. The Bertz CT molecular complexity index is 899. The molecule has 1 aromatic rings. The summed E-state index contributed by atoms with van der Waals surface area (Å²) in [4.78, 5) is 34.8. The normalized spacial score (nSPS) is 21.9. The van der Waals surface area contributed by atoms with Crippen LogP contribution in [0.4, 0.5) is 30.7 Å². The van der Waals surface area contributed by atoms with Gasteiger partial charge < -0.3 is 15.5 Å². The zero-order valence-electron chi connectivity index (χ0n) is 20.1. The minimum Gasteiger partial charge on any atom is -0.475 e. The Morgan fingerprint density at radius 1 is 0.973 bits per heavy atom. The lowest BCUT2D eigenvalue weighted by molar-refractivity contribution is -0.193. The number of carboxylic acid groups (broad SMARTS) is 2. The van der Waals surface area contributed by atoms with Crippen molar-refractivity contribution in [1.82, 2.24) is 15.1 Å². The molecule has 3 rings (SSSR count). The third-order valence-corrected chi connectivity index (χ3v) is 5.70. The molecule has 3 atom stereocenters. The van der Waals surface area contributed by atoms with E-state index in [2.05, 4.69) is 29.0 Å². The first-order chi connectivity index (χ1) is 16.9. The molecular weight excluding hydrogens is 519 g/mol. The summed E-state index contributed by atoms with van der Waals surface area (Å²) in [7, 11) is 1.72. The Kier molecular flexibility index (Phi) is 11.3. The Morgan fingerprint density at radius 2 is 1.43 bits per heavy atom. The quantitative estimate of drug-likeness (QED) is 0.497. The number of benzene rings is 1. The van der Waals surface area contributed by atoms with Crippen LogP contribution in [0.1, 0.15) is 25.8 Å². The maximum atomic E-state index is 13.0. The first-order valence-electron chi connectivity index (χ1n) is 10.9. The molecule has 3 N–H and O–H groups in total. The summed E-state index contributed by atoms with van der Waals surface area (Å²) in [5.74, 6) is -5.02. The lowest BCUT2D eigenvalue weighted by atomic mass is 10.0. The van der Waals surface area contributed by atoms with E-state index in [0.29, 0.717) is 18.0 Å². The van der Waals surface area contributed by atoms with Crippen LogP contribution in [0.3, 0.4) is 0 Å². The summed E-state index contributed by atoms with van der Waals surface area (Å²) >= 11 is 0. The van der Waals surface area contributed by atoms with Crippen LogP contribution in [-0.2, 0) is 20.9 Å². The molecule has 37 heavy (non-hydrogen) atoms. The largest absolute Gasteiger partial charge is 0.490 e. The number of carboxylic acids is 2. The Morgan fingerprint density at radius 3 is 1.81 bits per heavy atom. The zero-order valence-corrected chi connectivity index (χ0v) is 20.1. The number of likely N-dealkylation sites (tertiary alicyclic amines) is 2. The fourth-order valence-electron chi connectivity index (χ4n) is 4.28. The van der Waals surface area contributed by atoms with Gasteiger partial charge in [0.2, 0.25) is 5.91 Å². The number of carbonyl (C=O) groups is 3. The maximum Gasteiger partial charge on any atom is 0.490 e. The van der Waals surface area contributed by atoms with Crippen molar-refractivity contribution in [3.8, 4) is 0 Å². The molecule has 0 radical (unpaired) electrons. The van der Waals surface area contributed by atoms with Crippen LogP contribution in [0.25, 0.3) is 0 Å². The van der Waals surface area contributed by atoms with E-state index in [-0.39, 0.29) is 17.8 Å². The smallest absolute Gasteiger partial charge is 0.475 e. The van der Waals surface area contributed by atoms with Crippen molar-refractivity contribution in [2.75, 3.05) is 20.1 Å². The number of hydrogen-bond donors (Lipinski definition) is 3. The van der Waals surface area contributed by atoms with Gasteiger partial charge in [0.15, 0.2) is 0 Å². The number of amides is 1. The molecule has 2 fully saturated rings. The van der Waals surface area contributed by atoms with Crippen LogP contribution in [0.5, 0.6) is 0 Å². The van der Waals surface area contributed by atoms with E-state index in [1.54, 1.807) is 7.05 Å². The van der Waals surface area contributed by atoms with Crippen molar-refractivity contribution in [1.29, 1.82) is 0 Å². The number of halogens is 7. The van der Waals surface area contributed by atoms with Gasteiger partial charge in [-0.05, 0) is 43.9 Å².